The second kappa shape index (κ2) is 11.1. The van der Waals surface area contributed by atoms with Gasteiger partial charge in [0.2, 0.25) is 10.0 Å². The molecular formula is C28H31N7O2S2. The SMILES string of the molecule is CC(C)C1CN(c2ccc(-c3ccc(NS(C)(=O)=O)cc3)nn2)CCN1C(=S)Nc1cccc2ncccc12. The van der Waals surface area contributed by atoms with Crippen molar-refractivity contribution in [3.8, 4) is 11.3 Å². The lowest BCUT2D eigenvalue weighted by Gasteiger charge is -2.45. The fourth-order valence-corrected chi connectivity index (χ4v) is 5.71. The lowest BCUT2D eigenvalue weighted by molar-refractivity contribution is 0.227. The molecule has 1 aliphatic rings. The van der Waals surface area contributed by atoms with E-state index in [9.17, 15) is 8.42 Å². The van der Waals surface area contributed by atoms with Gasteiger partial charge >= 0.3 is 0 Å². The fraction of sp³-hybridized carbons (Fsp3) is 0.286. The van der Waals surface area contributed by atoms with Crippen LogP contribution >= 0.6 is 12.2 Å². The molecule has 4 aromatic rings. The summed E-state index contributed by atoms with van der Waals surface area (Å²) in [5.41, 5.74) is 3.97. The van der Waals surface area contributed by atoms with Crippen molar-refractivity contribution in [1.29, 1.82) is 0 Å². The van der Waals surface area contributed by atoms with Gasteiger partial charge in [0.15, 0.2) is 10.9 Å². The Kier molecular flexibility index (Phi) is 7.62. The van der Waals surface area contributed by atoms with E-state index in [2.05, 4.69) is 48.9 Å². The molecule has 202 valence electrons. The maximum absolute atomic E-state index is 11.4. The average molecular weight is 562 g/mol. The first kappa shape index (κ1) is 26.8. The molecule has 1 atom stereocenters. The number of rotatable bonds is 6. The number of hydrogen-bond donors (Lipinski definition) is 2. The summed E-state index contributed by atoms with van der Waals surface area (Å²) in [6.07, 6.45) is 2.92. The van der Waals surface area contributed by atoms with E-state index in [4.69, 9.17) is 12.2 Å². The molecule has 2 N–H and O–H groups in total. The molecule has 1 fully saturated rings. The highest BCUT2D eigenvalue weighted by Gasteiger charge is 2.31. The zero-order valence-electron chi connectivity index (χ0n) is 22.1. The van der Waals surface area contributed by atoms with Gasteiger partial charge in [0.05, 0.1) is 23.5 Å². The van der Waals surface area contributed by atoms with Crippen LogP contribution in [0.3, 0.4) is 0 Å². The molecule has 0 saturated carbocycles. The Bertz CT molecular complexity index is 1570. The van der Waals surface area contributed by atoms with Crippen LogP contribution in [0.1, 0.15) is 13.8 Å². The van der Waals surface area contributed by atoms with Crippen LogP contribution in [0.5, 0.6) is 0 Å². The highest BCUT2D eigenvalue weighted by molar-refractivity contribution is 7.92. The minimum absolute atomic E-state index is 0.197. The Hall–Kier alpha value is -3.83. The second-order valence-electron chi connectivity index (χ2n) is 9.98. The van der Waals surface area contributed by atoms with Crippen molar-refractivity contribution in [2.45, 2.75) is 19.9 Å². The molecule has 2 aromatic heterocycles. The molecule has 0 amide bonds. The van der Waals surface area contributed by atoms with E-state index in [0.29, 0.717) is 16.7 Å². The monoisotopic (exact) mass is 561 g/mol. The number of benzene rings is 2. The van der Waals surface area contributed by atoms with Crippen LogP contribution in [-0.2, 0) is 10.0 Å². The average Bonchev–Trinajstić information content (AvgIpc) is 2.92. The van der Waals surface area contributed by atoms with E-state index in [1.165, 1.54) is 0 Å². The zero-order chi connectivity index (χ0) is 27.6. The molecule has 3 heterocycles. The summed E-state index contributed by atoms with van der Waals surface area (Å²) in [7, 11) is -3.32. The van der Waals surface area contributed by atoms with E-state index in [1.54, 1.807) is 18.3 Å². The number of sulfonamides is 1. The minimum atomic E-state index is -3.32. The number of thiocarbonyl (C=S) groups is 1. The first-order valence-corrected chi connectivity index (χ1v) is 15.1. The molecule has 11 heteroatoms. The van der Waals surface area contributed by atoms with Crippen LogP contribution in [0.2, 0.25) is 0 Å². The summed E-state index contributed by atoms with van der Waals surface area (Å²) in [5.74, 6) is 1.19. The molecule has 0 radical (unpaired) electrons. The maximum Gasteiger partial charge on any atom is 0.229 e. The lowest BCUT2D eigenvalue weighted by atomic mass is 10.00. The van der Waals surface area contributed by atoms with Crippen molar-refractivity contribution < 1.29 is 8.42 Å². The van der Waals surface area contributed by atoms with E-state index in [-0.39, 0.29) is 6.04 Å². The molecule has 1 unspecified atom stereocenters. The van der Waals surface area contributed by atoms with Crippen molar-refractivity contribution in [2.24, 2.45) is 5.92 Å². The molecule has 2 aromatic carbocycles. The largest absolute Gasteiger partial charge is 0.351 e. The number of aromatic nitrogens is 3. The molecule has 0 aliphatic carbocycles. The smallest absolute Gasteiger partial charge is 0.229 e. The summed E-state index contributed by atoms with van der Waals surface area (Å²) in [6.45, 7) is 6.72. The Morgan fingerprint density at radius 3 is 2.49 bits per heavy atom. The van der Waals surface area contributed by atoms with Gasteiger partial charge in [0.1, 0.15) is 0 Å². The Morgan fingerprint density at radius 1 is 1.00 bits per heavy atom. The number of fused-ring (bicyclic) bond motifs is 1. The Morgan fingerprint density at radius 2 is 1.79 bits per heavy atom. The third-order valence-electron chi connectivity index (χ3n) is 6.79. The Labute approximate surface area is 234 Å². The standard InChI is InChI=1S/C28H31N7O2S2/c1-19(2)26-18-34(16-17-35(26)28(38)30-25-8-4-7-24-22(25)6-5-15-29-24)27-14-13-23(31-32-27)20-9-11-21(12-10-20)33-39(3,36)37/h4-15,19,26,33H,16-18H2,1-3H3,(H,30,38). The number of nitrogens with zero attached hydrogens (tertiary/aromatic N) is 5. The zero-order valence-corrected chi connectivity index (χ0v) is 23.7. The number of anilines is 3. The van der Waals surface area contributed by atoms with Crippen LogP contribution in [-0.4, -0.2) is 65.5 Å². The highest BCUT2D eigenvalue weighted by atomic mass is 32.2. The first-order valence-electron chi connectivity index (χ1n) is 12.8. The molecule has 0 bridgehead atoms. The second-order valence-corrected chi connectivity index (χ2v) is 12.1. The van der Waals surface area contributed by atoms with E-state index >= 15 is 0 Å². The molecule has 0 spiro atoms. The van der Waals surface area contributed by atoms with Gasteiger partial charge in [-0.25, -0.2) is 8.42 Å². The minimum Gasteiger partial charge on any atom is -0.351 e. The van der Waals surface area contributed by atoms with E-state index in [0.717, 1.165) is 59.6 Å². The van der Waals surface area contributed by atoms with Gasteiger partial charge in [0, 0.05) is 48.2 Å². The molecular weight excluding hydrogens is 530 g/mol. The molecule has 5 rings (SSSR count). The van der Waals surface area contributed by atoms with Gasteiger partial charge in [-0.05, 0) is 66.7 Å². The van der Waals surface area contributed by atoms with E-state index < -0.39 is 10.0 Å². The van der Waals surface area contributed by atoms with Gasteiger partial charge in [-0.3, -0.25) is 9.71 Å². The van der Waals surface area contributed by atoms with Crippen molar-refractivity contribution in [3.05, 3.63) is 72.9 Å². The topological polar surface area (TPSA) is 103 Å². The van der Waals surface area contributed by atoms with Crippen molar-refractivity contribution >= 4 is 55.4 Å². The van der Waals surface area contributed by atoms with Crippen LogP contribution in [0.4, 0.5) is 17.2 Å². The normalized spacial score (nSPS) is 15.9. The molecule has 1 saturated heterocycles. The maximum atomic E-state index is 11.4. The third kappa shape index (κ3) is 6.26. The summed E-state index contributed by atoms with van der Waals surface area (Å²) in [6, 6.07) is 21.2. The van der Waals surface area contributed by atoms with Gasteiger partial charge in [0.25, 0.3) is 0 Å². The fourth-order valence-electron chi connectivity index (χ4n) is 4.81. The van der Waals surface area contributed by atoms with Crippen molar-refractivity contribution in [1.82, 2.24) is 20.1 Å². The van der Waals surface area contributed by atoms with Crippen LogP contribution < -0.4 is 14.9 Å². The van der Waals surface area contributed by atoms with Gasteiger partial charge < -0.3 is 15.1 Å². The number of piperazine rings is 1. The summed E-state index contributed by atoms with van der Waals surface area (Å²) in [4.78, 5) is 8.98. The first-order chi connectivity index (χ1) is 18.7. The predicted molar refractivity (Wildman–Crippen MR) is 161 cm³/mol. The summed E-state index contributed by atoms with van der Waals surface area (Å²) in [5, 5.41) is 14.2. The van der Waals surface area contributed by atoms with Gasteiger partial charge in [-0.2, -0.15) is 0 Å². The van der Waals surface area contributed by atoms with Gasteiger partial charge in [-0.15, -0.1) is 10.2 Å². The van der Waals surface area contributed by atoms with Gasteiger partial charge in [-0.1, -0.05) is 32.0 Å². The predicted octanol–water partition coefficient (Wildman–Crippen LogP) is 4.61. The summed E-state index contributed by atoms with van der Waals surface area (Å²) >= 11 is 5.89. The highest BCUT2D eigenvalue weighted by Crippen LogP contribution is 2.26. The molecule has 9 nitrogen and oxygen atoms in total. The summed E-state index contributed by atoms with van der Waals surface area (Å²) < 4.78 is 25.3. The third-order valence-corrected chi connectivity index (χ3v) is 7.74. The Balaban J connectivity index is 1.27. The van der Waals surface area contributed by atoms with E-state index in [1.807, 2.05) is 54.6 Å². The number of hydrogen-bond acceptors (Lipinski definition) is 7. The van der Waals surface area contributed by atoms with Crippen LogP contribution in [0.15, 0.2) is 72.9 Å². The quantitative estimate of drug-likeness (QED) is 0.327. The van der Waals surface area contributed by atoms with Crippen molar-refractivity contribution in [2.75, 3.05) is 40.8 Å². The van der Waals surface area contributed by atoms with Crippen LogP contribution in [0, 0.1) is 5.92 Å². The molecule has 39 heavy (non-hydrogen) atoms. The van der Waals surface area contributed by atoms with Crippen LogP contribution in [0.25, 0.3) is 22.2 Å². The van der Waals surface area contributed by atoms with Crippen molar-refractivity contribution in [3.63, 3.8) is 0 Å². The lowest BCUT2D eigenvalue weighted by Crippen LogP contribution is -2.58. The number of nitrogens with one attached hydrogen (secondary N) is 2. The molecule has 1 aliphatic heterocycles. The number of pyridine rings is 1.